The monoisotopic (exact) mass is 483 g/mol. The molecule has 0 saturated carbocycles. The molecule has 10 nitrogen and oxygen atoms in total. The number of carbonyl (C=O) groups excluding carboxylic acids is 1. The van der Waals surface area contributed by atoms with Crippen LogP contribution in [0.25, 0.3) is 11.0 Å². The fourth-order valence-electron chi connectivity index (χ4n) is 2.83. The van der Waals surface area contributed by atoms with Gasteiger partial charge < -0.3 is 9.88 Å². The number of amides is 1. The van der Waals surface area contributed by atoms with E-state index in [9.17, 15) is 23.3 Å². The maximum atomic E-state index is 12.7. The third kappa shape index (κ3) is 4.98. The van der Waals surface area contributed by atoms with Crippen molar-refractivity contribution >= 4 is 61.7 Å². The first-order valence-corrected chi connectivity index (χ1v) is 11.8. The van der Waals surface area contributed by atoms with Gasteiger partial charge in [-0.1, -0.05) is 23.4 Å². The van der Waals surface area contributed by atoms with Gasteiger partial charge in [0, 0.05) is 18.7 Å². The summed E-state index contributed by atoms with van der Waals surface area (Å²) >= 11 is 7.20. The van der Waals surface area contributed by atoms with Crippen LogP contribution in [0.15, 0.2) is 46.5 Å². The van der Waals surface area contributed by atoms with Crippen molar-refractivity contribution in [1.82, 2.24) is 9.55 Å². The summed E-state index contributed by atoms with van der Waals surface area (Å²) in [5.41, 5.74) is 1.07. The van der Waals surface area contributed by atoms with Crippen molar-refractivity contribution in [2.24, 2.45) is 5.14 Å². The fourth-order valence-corrected chi connectivity index (χ4v) is 4.51. The number of imidazole rings is 1. The second-order valence-electron chi connectivity index (χ2n) is 6.50. The largest absolute Gasteiger partial charge is 0.324 e. The predicted octanol–water partition coefficient (Wildman–Crippen LogP) is 3.38. The van der Waals surface area contributed by atoms with E-state index in [0.29, 0.717) is 22.7 Å². The van der Waals surface area contributed by atoms with Crippen molar-refractivity contribution in [2.45, 2.75) is 35.7 Å². The number of rotatable bonds is 7. The molecule has 2 aromatic carbocycles. The molecule has 0 radical (unpaired) electrons. The van der Waals surface area contributed by atoms with Crippen LogP contribution >= 0.6 is 23.4 Å². The standard InChI is InChI=1S/C18H18ClN5O5S2/c1-3-23-16-7-5-12(31(20,28)29)9-15(16)22-18(23)30-10(2)17(25)21-14-8-11(24(26)27)4-6-13(14)19/h4-10H,3H2,1-2H3,(H,21,25)(H2,20,28,29)/t10-/m1/s1. The second-order valence-corrected chi connectivity index (χ2v) is 9.78. The lowest BCUT2D eigenvalue weighted by atomic mass is 10.2. The molecule has 0 saturated heterocycles. The Balaban J connectivity index is 1.85. The number of hydrogen-bond donors (Lipinski definition) is 2. The average Bonchev–Trinajstić information content (AvgIpc) is 3.04. The predicted molar refractivity (Wildman–Crippen MR) is 119 cm³/mol. The molecule has 1 amide bonds. The Hall–Kier alpha value is -2.67. The summed E-state index contributed by atoms with van der Waals surface area (Å²) in [6.07, 6.45) is 0. The smallest absolute Gasteiger partial charge is 0.271 e. The van der Waals surface area contributed by atoms with Gasteiger partial charge in [-0.05, 0) is 38.1 Å². The Morgan fingerprint density at radius 1 is 1.35 bits per heavy atom. The van der Waals surface area contributed by atoms with E-state index in [1.165, 1.54) is 30.3 Å². The van der Waals surface area contributed by atoms with Gasteiger partial charge in [0.05, 0.1) is 36.8 Å². The van der Waals surface area contributed by atoms with Gasteiger partial charge in [0.1, 0.15) is 0 Å². The number of nitro benzene ring substituents is 1. The number of primary sulfonamides is 1. The number of aromatic nitrogens is 2. The third-order valence-electron chi connectivity index (χ3n) is 4.40. The molecule has 0 aliphatic rings. The van der Waals surface area contributed by atoms with Gasteiger partial charge in [-0.15, -0.1) is 0 Å². The van der Waals surface area contributed by atoms with Crippen molar-refractivity contribution in [2.75, 3.05) is 5.32 Å². The minimum atomic E-state index is -3.87. The molecule has 0 unspecified atom stereocenters. The number of thioether (sulfide) groups is 1. The van der Waals surface area contributed by atoms with Crippen molar-refractivity contribution < 1.29 is 18.1 Å². The molecule has 1 aromatic heterocycles. The number of benzene rings is 2. The van der Waals surface area contributed by atoms with Crippen LogP contribution in [0.1, 0.15) is 13.8 Å². The summed E-state index contributed by atoms with van der Waals surface area (Å²) in [5, 5.41) is 18.8. The average molecular weight is 484 g/mol. The highest BCUT2D eigenvalue weighted by Crippen LogP contribution is 2.31. The molecule has 0 aliphatic carbocycles. The summed E-state index contributed by atoms with van der Waals surface area (Å²) in [4.78, 5) is 27.4. The van der Waals surface area contributed by atoms with E-state index in [1.54, 1.807) is 13.0 Å². The number of hydrogen-bond acceptors (Lipinski definition) is 7. The first-order chi connectivity index (χ1) is 14.5. The Kier molecular flexibility index (Phi) is 6.55. The van der Waals surface area contributed by atoms with E-state index in [0.717, 1.165) is 11.8 Å². The molecule has 3 rings (SSSR count). The van der Waals surface area contributed by atoms with Crippen LogP contribution in [0.5, 0.6) is 0 Å². The number of non-ortho nitro benzene ring substituents is 1. The van der Waals surface area contributed by atoms with Crippen LogP contribution in [-0.2, 0) is 21.4 Å². The number of nitrogens with one attached hydrogen (secondary N) is 1. The maximum Gasteiger partial charge on any atom is 0.271 e. The molecule has 164 valence electrons. The molecule has 3 aromatic rings. The summed E-state index contributed by atoms with van der Waals surface area (Å²) in [6.45, 7) is 4.09. The zero-order valence-electron chi connectivity index (χ0n) is 16.4. The lowest BCUT2D eigenvalue weighted by Gasteiger charge is -2.13. The van der Waals surface area contributed by atoms with E-state index in [4.69, 9.17) is 16.7 Å². The number of fused-ring (bicyclic) bond motifs is 1. The van der Waals surface area contributed by atoms with Crippen LogP contribution in [0, 0.1) is 10.1 Å². The van der Waals surface area contributed by atoms with Gasteiger partial charge in [-0.25, -0.2) is 18.5 Å². The molecular formula is C18H18ClN5O5S2. The van der Waals surface area contributed by atoms with Crippen molar-refractivity contribution in [3.63, 3.8) is 0 Å². The molecule has 31 heavy (non-hydrogen) atoms. The number of nitrogens with two attached hydrogens (primary N) is 1. The molecule has 0 fully saturated rings. The molecule has 1 atom stereocenters. The highest BCUT2D eigenvalue weighted by Gasteiger charge is 2.21. The zero-order valence-corrected chi connectivity index (χ0v) is 18.8. The Morgan fingerprint density at radius 3 is 2.68 bits per heavy atom. The number of nitro groups is 1. The minimum Gasteiger partial charge on any atom is -0.324 e. The third-order valence-corrected chi connectivity index (χ3v) is 6.73. The number of carbonyl (C=O) groups is 1. The lowest BCUT2D eigenvalue weighted by molar-refractivity contribution is -0.384. The van der Waals surface area contributed by atoms with Gasteiger partial charge in [0.25, 0.3) is 5.69 Å². The van der Waals surface area contributed by atoms with Gasteiger partial charge in [0.2, 0.25) is 15.9 Å². The second kappa shape index (κ2) is 8.83. The number of sulfonamides is 1. The van der Waals surface area contributed by atoms with Crippen LogP contribution < -0.4 is 10.5 Å². The lowest BCUT2D eigenvalue weighted by Crippen LogP contribution is -2.23. The highest BCUT2D eigenvalue weighted by molar-refractivity contribution is 8.00. The first-order valence-electron chi connectivity index (χ1n) is 8.95. The normalized spacial score (nSPS) is 12.6. The van der Waals surface area contributed by atoms with Crippen LogP contribution in [0.3, 0.4) is 0 Å². The van der Waals surface area contributed by atoms with Crippen molar-refractivity contribution in [3.8, 4) is 0 Å². The molecular weight excluding hydrogens is 466 g/mol. The van der Waals surface area contributed by atoms with Crippen molar-refractivity contribution in [1.29, 1.82) is 0 Å². The zero-order chi connectivity index (χ0) is 22.9. The Morgan fingerprint density at radius 2 is 2.06 bits per heavy atom. The molecule has 0 spiro atoms. The molecule has 1 heterocycles. The molecule has 3 N–H and O–H groups in total. The number of aryl methyl sites for hydroxylation is 1. The van der Waals surface area contributed by atoms with Crippen molar-refractivity contribution in [3.05, 3.63) is 51.5 Å². The fraction of sp³-hybridized carbons (Fsp3) is 0.222. The molecule has 13 heteroatoms. The summed E-state index contributed by atoms with van der Waals surface area (Å²) in [6, 6.07) is 8.17. The molecule has 0 bridgehead atoms. The summed E-state index contributed by atoms with van der Waals surface area (Å²) in [5.74, 6) is -0.424. The maximum absolute atomic E-state index is 12.7. The van der Waals surface area contributed by atoms with E-state index in [1.807, 2.05) is 11.5 Å². The quantitative estimate of drug-likeness (QED) is 0.297. The first kappa shape index (κ1) is 23.0. The van der Waals surface area contributed by atoms with E-state index >= 15 is 0 Å². The van der Waals surface area contributed by atoms with E-state index in [2.05, 4.69) is 10.3 Å². The topological polar surface area (TPSA) is 150 Å². The highest BCUT2D eigenvalue weighted by atomic mass is 35.5. The Labute approximate surface area is 187 Å². The van der Waals surface area contributed by atoms with Crippen LogP contribution in [0.2, 0.25) is 5.02 Å². The van der Waals surface area contributed by atoms with Gasteiger partial charge >= 0.3 is 0 Å². The minimum absolute atomic E-state index is 0.0524. The van der Waals surface area contributed by atoms with Gasteiger partial charge in [-0.2, -0.15) is 0 Å². The summed E-state index contributed by atoms with van der Waals surface area (Å²) < 4.78 is 25.1. The number of anilines is 1. The number of halogens is 1. The van der Waals surface area contributed by atoms with Crippen LogP contribution in [-0.4, -0.2) is 34.0 Å². The van der Waals surface area contributed by atoms with Gasteiger partial charge in [0.15, 0.2) is 5.16 Å². The van der Waals surface area contributed by atoms with Crippen LogP contribution in [0.4, 0.5) is 11.4 Å². The molecule has 0 aliphatic heterocycles. The van der Waals surface area contributed by atoms with E-state index in [-0.39, 0.29) is 21.3 Å². The summed E-state index contributed by atoms with van der Waals surface area (Å²) in [7, 11) is -3.87. The number of nitrogens with zero attached hydrogens (tertiary/aromatic N) is 3. The Bertz CT molecular complexity index is 1290. The van der Waals surface area contributed by atoms with E-state index < -0.39 is 26.1 Å². The SMILES string of the molecule is CCn1c(S[C@H](C)C(=O)Nc2cc([N+](=O)[O-])ccc2Cl)nc2cc(S(N)(=O)=O)ccc21. The van der Waals surface area contributed by atoms with Gasteiger partial charge in [-0.3, -0.25) is 14.9 Å².